The Hall–Kier alpha value is -1.89. The van der Waals surface area contributed by atoms with Crippen LogP contribution < -0.4 is 4.90 Å². The van der Waals surface area contributed by atoms with Crippen LogP contribution >= 0.6 is 22.9 Å². The molecule has 4 nitrogen and oxygen atoms in total. The maximum absolute atomic E-state index is 13.0. The van der Waals surface area contributed by atoms with Crippen molar-refractivity contribution in [3.05, 3.63) is 64.0 Å². The van der Waals surface area contributed by atoms with E-state index in [9.17, 15) is 8.42 Å². The van der Waals surface area contributed by atoms with Gasteiger partial charge in [-0.2, -0.15) is 0 Å². The molecule has 26 heavy (non-hydrogen) atoms. The van der Waals surface area contributed by atoms with Gasteiger partial charge >= 0.3 is 0 Å². The van der Waals surface area contributed by atoms with Gasteiger partial charge in [0, 0.05) is 11.7 Å². The highest BCUT2D eigenvalue weighted by molar-refractivity contribution is 7.91. The SMILES string of the molecule is Cc1ccc(S(=O)(=O)c2nc(N3c4ccccc4C[C@@H]3C)sc2Cl)cc1. The number of thiazole rings is 1. The number of aromatic nitrogens is 1. The van der Waals surface area contributed by atoms with Crippen LogP contribution in [0.4, 0.5) is 10.8 Å². The first-order chi connectivity index (χ1) is 12.4. The number of hydrogen-bond acceptors (Lipinski definition) is 5. The number of anilines is 2. The van der Waals surface area contributed by atoms with Crippen molar-refractivity contribution in [1.82, 2.24) is 4.98 Å². The van der Waals surface area contributed by atoms with E-state index < -0.39 is 9.84 Å². The Morgan fingerprint density at radius 1 is 1.15 bits per heavy atom. The normalized spacial score (nSPS) is 16.7. The summed E-state index contributed by atoms with van der Waals surface area (Å²) in [5.74, 6) is 0. The van der Waals surface area contributed by atoms with Crippen LogP contribution in [-0.4, -0.2) is 19.4 Å². The maximum Gasteiger partial charge on any atom is 0.226 e. The van der Waals surface area contributed by atoms with E-state index in [-0.39, 0.29) is 20.3 Å². The number of halogens is 1. The first-order valence-electron chi connectivity index (χ1n) is 8.23. The zero-order valence-electron chi connectivity index (χ0n) is 14.3. The summed E-state index contributed by atoms with van der Waals surface area (Å²) in [7, 11) is -3.75. The molecule has 0 spiro atoms. The van der Waals surface area contributed by atoms with Crippen LogP contribution in [-0.2, 0) is 16.3 Å². The van der Waals surface area contributed by atoms with Gasteiger partial charge in [0.1, 0.15) is 4.34 Å². The Morgan fingerprint density at radius 3 is 2.58 bits per heavy atom. The number of hydrogen-bond donors (Lipinski definition) is 0. The number of para-hydroxylation sites is 1. The molecule has 1 atom stereocenters. The Balaban J connectivity index is 1.78. The molecule has 0 unspecified atom stereocenters. The molecule has 0 saturated heterocycles. The van der Waals surface area contributed by atoms with E-state index in [1.54, 1.807) is 24.3 Å². The Morgan fingerprint density at radius 2 is 1.85 bits per heavy atom. The van der Waals surface area contributed by atoms with E-state index in [0.29, 0.717) is 5.13 Å². The maximum atomic E-state index is 13.0. The molecule has 7 heteroatoms. The molecule has 1 aromatic heterocycles. The summed E-state index contributed by atoms with van der Waals surface area (Å²) in [6.07, 6.45) is 0.896. The van der Waals surface area contributed by atoms with Crippen LogP contribution in [0.25, 0.3) is 0 Å². The van der Waals surface area contributed by atoms with Gasteiger partial charge in [0.15, 0.2) is 10.2 Å². The van der Waals surface area contributed by atoms with Gasteiger partial charge in [-0.25, -0.2) is 13.4 Å². The van der Waals surface area contributed by atoms with Crippen molar-refractivity contribution < 1.29 is 8.42 Å². The highest BCUT2D eigenvalue weighted by Gasteiger charge is 2.32. The molecule has 3 aromatic rings. The number of fused-ring (bicyclic) bond motifs is 1. The molecule has 1 aliphatic rings. The molecule has 2 aromatic carbocycles. The van der Waals surface area contributed by atoms with Crippen LogP contribution in [0.1, 0.15) is 18.1 Å². The molecule has 0 aliphatic carbocycles. The number of nitrogens with zero attached hydrogens (tertiary/aromatic N) is 2. The summed E-state index contributed by atoms with van der Waals surface area (Å²) in [6, 6.07) is 15.0. The highest BCUT2D eigenvalue weighted by Crippen LogP contribution is 2.43. The Labute approximate surface area is 162 Å². The fourth-order valence-corrected chi connectivity index (χ4v) is 6.24. The quantitative estimate of drug-likeness (QED) is 0.615. The Bertz CT molecular complexity index is 1080. The van der Waals surface area contributed by atoms with Crippen LogP contribution in [0.15, 0.2) is 58.5 Å². The summed E-state index contributed by atoms with van der Waals surface area (Å²) >= 11 is 7.52. The lowest BCUT2D eigenvalue weighted by Gasteiger charge is -2.21. The second kappa shape index (κ2) is 6.37. The lowest BCUT2D eigenvalue weighted by molar-refractivity contribution is 0.593. The molecule has 2 heterocycles. The zero-order valence-corrected chi connectivity index (χ0v) is 16.7. The van der Waals surface area contributed by atoms with Gasteiger partial charge in [-0.05, 0) is 44.0 Å². The van der Waals surface area contributed by atoms with Gasteiger partial charge in [-0.3, -0.25) is 0 Å². The van der Waals surface area contributed by atoms with Crippen molar-refractivity contribution in [1.29, 1.82) is 0 Å². The van der Waals surface area contributed by atoms with Gasteiger partial charge < -0.3 is 4.90 Å². The first kappa shape index (κ1) is 17.5. The minimum Gasteiger partial charge on any atom is -0.314 e. The van der Waals surface area contributed by atoms with Crippen LogP contribution in [0.3, 0.4) is 0 Å². The Kier molecular flexibility index (Phi) is 4.29. The van der Waals surface area contributed by atoms with E-state index in [1.807, 2.05) is 25.1 Å². The predicted octanol–water partition coefficient (Wildman–Crippen LogP) is 5.02. The second-order valence-corrected chi connectivity index (χ2v) is 9.89. The molecular formula is C19H17ClN2O2S2. The lowest BCUT2D eigenvalue weighted by Crippen LogP contribution is -2.23. The van der Waals surface area contributed by atoms with E-state index in [4.69, 9.17) is 11.6 Å². The summed E-state index contributed by atoms with van der Waals surface area (Å²) in [6.45, 7) is 4.01. The topological polar surface area (TPSA) is 50.3 Å². The van der Waals surface area contributed by atoms with Crippen LogP contribution in [0, 0.1) is 6.92 Å². The molecule has 1 aliphatic heterocycles. The number of benzene rings is 2. The largest absolute Gasteiger partial charge is 0.314 e. The minimum atomic E-state index is -3.75. The fourth-order valence-electron chi connectivity index (χ4n) is 3.23. The summed E-state index contributed by atoms with van der Waals surface area (Å²) < 4.78 is 26.1. The van der Waals surface area contributed by atoms with Crippen molar-refractivity contribution in [3.8, 4) is 0 Å². The molecule has 0 fully saturated rings. The van der Waals surface area contributed by atoms with Crippen molar-refractivity contribution in [2.45, 2.75) is 36.2 Å². The second-order valence-electron chi connectivity index (χ2n) is 6.44. The van der Waals surface area contributed by atoms with Gasteiger partial charge in [-0.15, -0.1) is 0 Å². The molecule has 0 N–H and O–H groups in total. The fraction of sp³-hybridized carbons (Fsp3) is 0.211. The molecule has 0 bridgehead atoms. The molecule has 134 valence electrons. The highest BCUT2D eigenvalue weighted by atomic mass is 35.5. The van der Waals surface area contributed by atoms with Gasteiger partial charge in [0.05, 0.1) is 4.90 Å². The lowest BCUT2D eigenvalue weighted by atomic mass is 10.1. The van der Waals surface area contributed by atoms with Crippen molar-refractivity contribution in [2.75, 3.05) is 4.90 Å². The van der Waals surface area contributed by atoms with Crippen molar-refractivity contribution in [2.24, 2.45) is 0 Å². The molecule has 0 amide bonds. The third kappa shape index (κ3) is 2.82. The van der Waals surface area contributed by atoms with Gasteiger partial charge in [-0.1, -0.05) is 58.8 Å². The number of aryl methyl sites for hydroxylation is 1. The minimum absolute atomic E-state index is 0.0698. The van der Waals surface area contributed by atoms with Gasteiger partial charge in [0.25, 0.3) is 0 Å². The van der Waals surface area contributed by atoms with Crippen molar-refractivity contribution >= 4 is 43.6 Å². The average molecular weight is 405 g/mol. The summed E-state index contributed by atoms with van der Waals surface area (Å²) in [5.41, 5.74) is 3.29. The van der Waals surface area contributed by atoms with Crippen LogP contribution in [0.5, 0.6) is 0 Å². The molecule has 0 radical (unpaired) electrons. The monoisotopic (exact) mass is 404 g/mol. The van der Waals surface area contributed by atoms with Gasteiger partial charge in [0.2, 0.25) is 9.84 Å². The summed E-state index contributed by atoms with van der Waals surface area (Å²) in [4.78, 5) is 6.71. The average Bonchev–Trinajstić information content (AvgIpc) is 3.14. The van der Waals surface area contributed by atoms with Crippen LogP contribution in [0.2, 0.25) is 4.34 Å². The summed E-state index contributed by atoms with van der Waals surface area (Å²) in [5, 5.41) is 0.540. The van der Waals surface area contributed by atoms with E-state index in [2.05, 4.69) is 22.9 Å². The third-order valence-electron chi connectivity index (χ3n) is 4.55. The van der Waals surface area contributed by atoms with E-state index in [1.165, 1.54) is 16.9 Å². The standard InChI is InChI=1S/C19H17ClN2O2S2/c1-12-7-9-15(10-8-12)26(23,24)18-17(20)25-19(21-18)22-13(2)11-14-5-3-4-6-16(14)22/h3-10,13H,11H2,1-2H3/t13-/m0/s1. The zero-order chi connectivity index (χ0) is 18.5. The molecule has 4 rings (SSSR count). The predicted molar refractivity (Wildman–Crippen MR) is 106 cm³/mol. The molecule has 0 saturated carbocycles. The number of rotatable bonds is 3. The van der Waals surface area contributed by atoms with E-state index >= 15 is 0 Å². The third-order valence-corrected chi connectivity index (χ3v) is 7.74. The molecular weight excluding hydrogens is 388 g/mol. The smallest absolute Gasteiger partial charge is 0.226 e. The van der Waals surface area contributed by atoms with E-state index in [0.717, 1.165) is 17.7 Å². The number of sulfone groups is 1. The first-order valence-corrected chi connectivity index (χ1v) is 10.9. The van der Waals surface area contributed by atoms with Crippen molar-refractivity contribution in [3.63, 3.8) is 0 Å².